The number of nitrogens with one attached hydrogen (secondary N) is 1. The molecule has 0 aromatic rings. The van der Waals surface area contributed by atoms with Crippen molar-refractivity contribution >= 4 is 5.97 Å². The monoisotopic (exact) mass is 169 g/mol. The van der Waals surface area contributed by atoms with Gasteiger partial charge in [-0.3, -0.25) is 9.69 Å². The highest BCUT2D eigenvalue weighted by Crippen LogP contribution is 2.00. The Morgan fingerprint density at radius 3 is 3.17 bits per heavy atom. The van der Waals surface area contributed by atoms with Crippen LogP contribution in [0.4, 0.5) is 0 Å². The zero-order chi connectivity index (χ0) is 8.97. The molecule has 1 unspecified atom stereocenters. The summed E-state index contributed by atoms with van der Waals surface area (Å²) in [6.07, 6.45) is 0. The van der Waals surface area contributed by atoms with E-state index in [-0.39, 0.29) is 12.6 Å². The van der Waals surface area contributed by atoms with E-state index in [1.165, 1.54) is 0 Å². The molecule has 0 aromatic heterocycles. The van der Waals surface area contributed by atoms with Gasteiger partial charge in [-0.15, -0.1) is 0 Å². The highest BCUT2D eigenvalue weighted by molar-refractivity contribution is 5.69. The lowest BCUT2D eigenvalue weighted by molar-refractivity contribution is -0.138. The summed E-state index contributed by atoms with van der Waals surface area (Å²) in [6.45, 7) is 1.90. The molecule has 0 aliphatic carbocycles. The first kappa shape index (κ1) is 8.97. The minimum Gasteiger partial charge on any atom is -0.480 e. The topological polar surface area (TPSA) is 76.4 Å². The molecule has 0 bridgehead atoms. The van der Waals surface area contributed by atoms with Crippen LogP contribution in [-0.2, 0) is 4.79 Å². The third-order valence-corrected chi connectivity index (χ3v) is 1.84. The van der Waals surface area contributed by atoms with Crippen LogP contribution in [0.15, 0.2) is 0 Å². The summed E-state index contributed by atoms with van der Waals surface area (Å²) in [6, 6.07) is 1.76. The lowest BCUT2D eigenvalue weighted by Gasteiger charge is -2.30. The van der Waals surface area contributed by atoms with Gasteiger partial charge in [-0.2, -0.15) is 5.26 Å². The fraction of sp³-hybridized carbons (Fsp3) is 0.714. The first-order valence-electron chi connectivity index (χ1n) is 3.80. The number of piperazine rings is 1. The van der Waals surface area contributed by atoms with Crippen LogP contribution in [-0.4, -0.2) is 48.2 Å². The van der Waals surface area contributed by atoms with Crippen molar-refractivity contribution in [2.24, 2.45) is 0 Å². The first-order valence-corrected chi connectivity index (χ1v) is 3.80. The van der Waals surface area contributed by atoms with Gasteiger partial charge in [-0.05, 0) is 0 Å². The van der Waals surface area contributed by atoms with E-state index in [0.717, 1.165) is 6.54 Å². The molecule has 1 rings (SSSR count). The number of nitrogens with zero attached hydrogens (tertiary/aromatic N) is 2. The summed E-state index contributed by atoms with van der Waals surface area (Å²) in [7, 11) is 0. The Bertz CT molecular complexity index is 211. The van der Waals surface area contributed by atoms with Crippen molar-refractivity contribution < 1.29 is 9.90 Å². The molecule has 1 aliphatic rings. The number of hydrogen-bond acceptors (Lipinski definition) is 4. The number of carbonyl (C=O) groups is 1. The first-order chi connectivity index (χ1) is 5.74. The maximum absolute atomic E-state index is 10.4. The summed E-state index contributed by atoms with van der Waals surface area (Å²) >= 11 is 0. The molecule has 2 N–H and O–H groups in total. The normalized spacial score (nSPS) is 24.8. The van der Waals surface area contributed by atoms with Crippen molar-refractivity contribution in [3.05, 3.63) is 0 Å². The molecule has 1 atom stereocenters. The van der Waals surface area contributed by atoms with Crippen molar-refractivity contribution in [3.63, 3.8) is 0 Å². The quantitative estimate of drug-likeness (QED) is 0.547. The van der Waals surface area contributed by atoms with Gasteiger partial charge >= 0.3 is 5.97 Å². The molecular formula is C7H11N3O2. The van der Waals surface area contributed by atoms with Crippen molar-refractivity contribution in [3.8, 4) is 6.07 Å². The van der Waals surface area contributed by atoms with E-state index in [1.807, 2.05) is 0 Å². The fourth-order valence-corrected chi connectivity index (χ4v) is 1.24. The van der Waals surface area contributed by atoms with Gasteiger partial charge < -0.3 is 10.4 Å². The van der Waals surface area contributed by atoms with Crippen LogP contribution in [0.25, 0.3) is 0 Å². The zero-order valence-corrected chi connectivity index (χ0v) is 6.66. The van der Waals surface area contributed by atoms with Gasteiger partial charge in [-0.25, -0.2) is 0 Å². The lowest BCUT2D eigenvalue weighted by atomic mass is 10.2. The summed E-state index contributed by atoms with van der Waals surface area (Å²) < 4.78 is 0. The van der Waals surface area contributed by atoms with E-state index in [0.29, 0.717) is 13.1 Å². The number of carboxylic acid groups (broad SMARTS) is 1. The predicted octanol–water partition coefficient (Wildman–Crippen LogP) is -1.13. The van der Waals surface area contributed by atoms with Gasteiger partial charge in [0.15, 0.2) is 0 Å². The number of aliphatic carboxylic acids is 1. The van der Waals surface area contributed by atoms with E-state index in [1.54, 1.807) is 4.90 Å². The highest BCUT2D eigenvalue weighted by Gasteiger charge is 2.22. The summed E-state index contributed by atoms with van der Waals surface area (Å²) in [5, 5.41) is 20.2. The summed E-state index contributed by atoms with van der Waals surface area (Å²) in [5.74, 6) is -0.878. The third-order valence-electron chi connectivity index (χ3n) is 1.84. The SMILES string of the molecule is N#CC1CNCCN1CC(=O)O. The van der Waals surface area contributed by atoms with Crippen molar-refractivity contribution in [1.82, 2.24) is 10.2 Å². The molecule has 0 radical (unpaired) electrons. The molecule has 5 heteroatoms. The molecule has 0 aromatic carbocycles. The van der Waals surface area contributed by atoms with Gasteiger partial charge in [0.1, 0.15) is 6.04 Å². The summed E-state index contributed by atoms with van der Waals surface area (Å²) in [4.78, 5) is 12.0. The molecule has 1 aliphatic heterocycles. The van der Waals surface area contributed by atoms with Crippen LogP contribution < -0.4 is 5.32 Å². The molecule has 66 valence electrons. The predicted molar refractivity (Wildman–Crippen MR) is 41.5 cm³/mol. The zero-order valence-electron chi connectivity index (χ0n) is 6.66. The Balaban J connectivity index is 2.48. The standard InChI is InChI=1S/C7H11N3O2/c8-3-6-4-9-1-2-10(6)5-7(11)12/h6,9H,1-2,4-5H2,(H,11,12). The van der Waals surface area contributed by atoms with Crippen LogP contribution in [0, 0.1) is 11.3 Å². The molecular weight excluding hydrogens is 158 g/mol. The van der Waals surface area contributed by atoms with Crippen LogP contribution in [0.5, 0.6) is 0 Å². The van der Waals surface area contributed by atoms with Gasteiger partial charge in [0.25, 0.3) is 0 Å². The van der Waals surface area contributed by atoms with Crippen LogP contribution >= 0.6 is 0 Å². The largest absolute Gasteiger partial charge is 0.480 e. The van der Waals surface area contributed by atoms with E-state index >= 15 is 0 Å². The number of rotatable bonds is 2. The average Bonchev–Trinajstić information content (AvgIpc) is 2.04. The maximum Gasteiger partial charge on any atom is 0.317 e. The Hall–Kier alpha value is -1.12. The summed E-state index contributed by atoms with van der Waals surface area (Å²) in [5.41, 5.74) is 0. The molecule has 12 heavy (non-hydrogen) atoms. The Labute approximate surface area is 70.6 Å². The molecule has 1 heterocycles. The Morgan fingerprint density at radius 1 is 1.83 bits per heavy atom. The van der Waals surface area contributed by atoms with Gasteiger partial charge in [0, 0.05) is 19.6 Å². The lowest BCUT2D eigenvalue weighted by Crippen LogP contribution is -2.52. The highest BCUT2D eigenvalue weighted by atomic mass is 16.4. The Morgan fingerprint density at radius 2 is 2.58 bits per heavy atom. The van der Waals surface area contributed by atoms with Crippen LogP contribution in [0.3, 0.4) is 0 Å². The average molecular weight is 169 g/mol. The minimum atomic E-state index is -0.878. The van der Waals surface area contributed by atoms with Crippen LogP contribution in [0.2, 0.25) is 0 Å². The van der Waals surface area contributed by atoms with Gasteiger partial charge in [0.05, 0.1) is 12.6 Å². The number of hydrogen-bond donors (Lipinski definition) is 2. The smallest absolute Gasteiger partial charge is 0.317 e. The van der Waals surface area contributed by atoms with Crippen molar-refractivity contribution in [2.45, 2.75) is 6.04 Å². The van der Waals surface area contributed by atoms with Gasteiger partial charge in [-0.1, -0.05) is 0 Å². The molecule has 0 spiro atoms. The number of carboxylic acids is 1. The van der Waals surface area contributed by atoms with Crippen LogP contribution in [0.1, 0.15) is 0 Å². The molecule has 1 saturated heterocycles. The molecule has 0 saturated carbocycles. The van der Waals surface area contributed by atoms with E-state index in [4.69, 9.17) is 10.4 Å². The second kappa shape index (κ2) is 4.04. The fourth-order valence-electron chi connectivity index (χ4n) is 1.24. The van der Waals surface area contributed by atoms with Gasteiger partial charge in [0.2, 0.25) is 0 Å². The molecule has 1 fully saturated rings. The van der Waals surface area contributed by atoms with E-state index in [9.17, 15) is 4.79 Å². The van der Waals surface area contributed by atoms with E-state index in [2.05, 4.69) is 11.4 Å². The van der Waals surface area contributed by atoms with Crippen molar-refractivity contribution in [1.29, 1.82) is 5.26 Å². The molecule has 0 amide bonds. The second-order valence-electron chi connectivity index (χ2n) is 2.71. The van der Waals surface area contributed by atoms with E-state index < -0.39 is 5.97 Å². The minimum absolute atomic E-state index is 0.0418. The molecule has 5 nitrogen and oxygen atoms in total. The number of nitriles is 1. The third kappa shape index (κ3) is 2.19. The maximum atomic E-state index is 10.4. The Kier molecular flexibility index (Phi) is 3.02. The van der Waals surface area contributed by atoms with Crippen molar-refractivity contribution in [2.75, 3.05) is 26.2 Å². The second-order valence-corrected chi connectivity index (χ2v) is 2.71.